The SMILES string of the molecule is CN(C)C1CCN(c2ncc(Br)cc2CO)C1. The first kappa shape index (κ1) is 12.8. The molecule has 0 aliphatic carbocycles. The van der Waals surface area contributed by atoms with Crippen LogP contribution in [0.15, 0.2) is 16.7 Å². The summed E-state index contributed by atoms with van der Waals surface area (Å²) in [5.74, 6) is 0.917. The first-order valence-electron chi connectivity index (χ1n) is 5.78. The number of likely N-dealkylation sites (N-methyl/N-ethyl adjacent to an activating group) is 1. The van der Waals surface area contributed by atoms with Crippen molar-refractivity contribution in [3.8, 4) is 0 Å². The molecule has 1 unspecified atom stereocenters. The van der Waals surface area contributed by atoms with Crippen molar-refractivity contribution in [1.82, 2.24) is 9.88 Å². The molecule has 0 saturated carbocycles. The lowest BCUT2D eigenvalue weighted by Gasteiger charge is -2.22. The lowest BCUT2D eigenvalue weighted by atomic mass is 10.2. The first-order valence-corrected chi connectivity index (χ1v) is 6.57. The number of pyridine rings is 1. The molecule has 0 amide bonds. The van der Waals surface area contributed by atoms with Crippen molar-refractivity contribution in [2.45, 2.75) is 19.1 Å². The number of aliphatic hydroxyl groups excluding tert-OH is 1. The van der Waals surface area contributed by atoms with Crippen LogP contribution in [-0.4, -0.2) is 48.2 Å². The van der Waals surface area contributed by atoms with Crippen LogP contribution in [0, 0.1) is 0 Å². The predicted molar refractivity (Wildman–Crippen MR) is 72.2 cm³/mol. The maximum atomic E-state index is 9.38. The number of halogens is 1. The molecule has 1 fully saturated rings. The molecule has 1 N–H and O–H groups in total. The van der Waals surface area contributed by atoms with Gasteiger partial charge < -0.3 is 14.9 Å². The monoisotopic (exact) mass is 299 g/mol. The van der Waals surface area contributed by atoms with Crippen molar-refractivity contribution >= 4 is 21.7 Å². The van der Waals surface area contributed by atoms with Crippen LogP contribution < -0.4 is 4.90 Å². The minimum atomic E-state index is 0.0326. The summed E-state index contributed by atoms with van der Waals surface area (Å²) < 4.78 is 0.911. The van der Waals surface area contributed by atoms with Gasteiger partial charge in [0.25, 0.3) is 0 Å². The molecule has 1 aromatic heterocycles. The van der Waals surface area contributed by atoms with Crippen molar-refractivity contribution in [2.75, 3.05) is 32.1 Å². The molecule has 2 heterocycles. The molecular formula is C12H18BrN3O. The fourth-order valence-electron chi connectivity index (χ4n) is 2.23. The molecule has 17 heavy (non-hydrogen) atoms. The number of anilines is 1. The average Bonchev–Trinajstić information content (AvgIpc) is 2.78. The van der Waals surface area contributed by atoms with E-state index >= 15 is 0 Å². The quantitative estimate of drug-likeness (QED) is 0.918. The minimum Gasteiger partial charge on any atom is -0.392 e. The van der Waals surface area contributed by atoms with Gasteiger partial charge in [-0.05, 0) is 42.5 Å². The molecule has 4 nitrogen and oxygen atoms in total. The summed E-state index contributed by atoms with van der Waals surface area (Å²) >= 11 is 3.38. The first-order chi connectivity index (χ1) is 8.11. The topological polar surface area (TPSA) is 39.6 Å². The van der Waals surface area contributed by atoms with Gasteiger partial charge in [0, 0.05) is 35.4 Å². The molecule has 1 aromatic rings. The largest absolute Gasteiger partial charge is 0.392 e. The Kier molecular flexibility index (Phi) is 4.01. The Balaban J connectivity index is 2.18. The highest BCUT2D eigenvalue weighted by molar-refractivity contribution is 9.10. The number of hydrogen-bond acceptors (Lipinski definition) is 4. The number of rotatable bonds is 3. The van der Waals surface area contributed by atoms with Crippen LogP contribution in [0.4, 0.5) is 5.82 Å². The maximum absolute atomic E-state index is 9.38. The number of nitrogens with zero attached hydrogens (tertiary/aromatic N) is 3. The second-order valence-electron chi connectivity index (χ2n) is 4.65. The van der Waals surface area contributed by atoms with Gasteiger partial charge in [-0.15, -0.1) is 0 Å². The normalized spacial score (nSPS) is 20.3. The third-order valence-electron chi connectivity index (χ3n) is 3.27. The zero-order valence-electron chi connectivity index (χ0n) is 10.2. The van der Waals surface area contributed by atoms with Crippen LogP contribution >= 0.6 is 15.9 Å². The van der Waals surface area contributed by atoms with E-state index in [9.17, 15) is 5.11 Å². The van der Waals surface area contributed by atoms with E-state index in [4.69, 9.17) is 0 Å². The van der Waals surface area contributed by atoms with Gasteiger partial charge in [-0.3, -0.25) is 0 Å². The van der Waals surface area contributed by atoms with Gasteiger partial charge >= 0.3 is 0 Å². The highest BCUT2D eigenvalue weighted by atomic mass is 79.9. The fraction of sp³-hybridized carbons (Fsp3) is 0.583. The molecule has 0 radical (unpaired) electrons. The minimum absolute atomic E-state index is 0.0326. The molecule has 1 aliphatic heterocycles. The summed E-state index contributed by atoms with van der Waals surface area (Å²) in [6.45, 7) is 2.02. The predicted octanol–water partition coefficient (Wildman–Crippen LogP) is 1.48. The molecule has 94 valence electrons. The van der Waals surface area contributed by atoms with Gasteiger partial charge in [0.1, 0.15) is 5.82 Å². The van der Waals surface area contributed by atoms with E-state index in [1.165, 1.54) is 0 Å². The van der Waals surface area contributed by atoms with Crippen LogP contribution in [0.2, 0.25) is 0 Å². The Bertz CT molecular complexity index is 397. The molecule has 0 spiro atoms. The zero-order valence-corrected chi connectivity index (χ0v) is 11.8. The second-order valence-corrected chi connectivity index (χ2v) is 5.56. The molecule has 2 rings (SSSR count). The van der Waals surface area contributed by atoms with Gasteiger partial charge in [-0.1, -0.05) is 0 Å². The molecule has 0 bridgehead atoms. The van der Waals surface area contributed by atoms with Crippen LogP contribution in [0.5, 0.6) is 0 Å². The van der Waals surface area contributed by atoms with Crippen LogP contribution in [-0.2, 0) is 6.61 Å². The Labute approximate surface area is 110 Å². The fourth-order valence-corrected chi connectivity index (χ4v) is 2.61. The van der Waals surface area contributed by atoms with Crippen molar-refractivity contribution in [2.24, 2.45) is 0 Å². The summed E-state index contributed by atoms with van der Waals surface area (Å²) in [4.78, 5) is 8.93. The van der Waals surface area contributed by atoms with E-state index in [2.05, 4.69) is 44.8 Å². The summed E-state index contributed by atoms with van der Waals surface area (Å²) in [6.07, 6.45) is 2.94. The highest BCUT2D eigenvalue weighted by Crippen LogP contribution is 2.25. The number of aromatic nitrogens is 1. The van der Waals surface area contributed by atoms with Crippen LogP contribution in [0.3, 0.4) is 0 Å². The lowest BCUT2D eigenvalue weighted by molar-refractivity contribution is 0.281. The number of hydrogen-bond donors (Lipinski definition) is 1. The third-order valence-corrected chi connectivity index (χ3v) is 3.71. The van der Waals surface area contributed by atoms with E-state index in [0.717, 1.165) is 35.4 Å². The third kappa shape index (κ3) is 2.78. The molecule has 1 saturated heterocycles. The summed E-state index contributed by atoms with van der Waals surface area (Å²) in [6, 6.07) is 2.51. The van der Waals surface area contributed by atoms with Crippen molar-refractivity contribution in [3.05, 3.63) is 22.3 Å². The molecule has 0 aromatic carbocycles. The molecular weight excluding hydrogens is 282 g/mol. The Hall–Kier alpha value is -0.650. The molecule has 1 atom stereocenters. The number of aliphatic hydroxyl groups is 1. The van der Waals surface area contributed by atoms with E-state index in [0.29, 0.717) is 6.04 Å². The van der Waals surface area contributed by atoms with E-state index in [-0.39, 0.29) is 6.61 Å². The summed E-state index contributed by atoms with van der Waals surface area (Å²) in [7, 11) is 4.21. The standard InChI is InChI=1S/C12H18BrN3O/c1-15(2)11-3-4-16(7-11)12-9(8-17)5-10(13)6-14-12/h5-6,11,17H,3-4,7-8H2,1-2H3. The average molecular weight is 300 g/mol. The second kappa shape index (κ2) is 5.33. The van der Waals surface area contributed by atoms with Gasteiger partial charge in [-0.25, -0.2) is 4.98 Å². The van der Waals surface area contributed by atoms with Crippen LogP contribution in [0.25, 0.3) is 0 Å². The van der Waals surface area contributed by atoms with Gasteiger partial charge in [0.05, 0.1) is 6.61 Å². The van der Waals surface area contributed by atoms with E-state index in [1.54, 1.807) is 6.20 Å². The lowest BCUT2D eigenvalue weighted by Crippen LogP contribution is -2.32. The maximum Gasteiger partial charge on any atom is 0.134 e. The van der Waals surface area contributed by atoms with E-state index < -0.39 is 0 Å². The van der Waals surface area contributed by atoms with Crippen molar-refractivity contribution in [3.63, 3.8) is 0 Å². The Morgan fingerprint density at radius 2 is 2.35 bits per heavy atom. The summed E-state index contributed by atoms with van der Waals surface area (Å²) in [5.41, 5.74) is 0.888. The Morgan fingerprint density at radius 1 is 1.59 bits per heavy atom. The van der Waals surface area contributed by atoms with E-state index in [1.807, 2.05) is 6.07 Å². The highest BCUT2D eigenvalue weighted by Gasteiger charge is 2.26. The van der Waals surface area contributed by atoms with Gasteiger partial charge in [-0.2, -0.15) is 0 Å². The molecule has 1 aliphatic rings. The van der Waals surface area contributed by atoms with Crippen molar-refractivity contribution < 1.29 is 5.11 Å². The molecule has 5 heteroatoms. The van der Waals surface area contributed by atoms with Crippen LogP contribution in [0.1, 0.15) is 12.0 Å². The smallest absolute Gasteiger partial charge is 0.134 e. The van der Waals surface area contributed by atoms with Crippen molar-refractivity contribution in [1.29, 1.82) is 0 Å². The Morgan fingerprint density at radius 3 is 2.94 bits per heavy atom. The van der Waals surface area contributed by atoms with Gasteiger partial charge in [0.2, 0.25) is 0 Å². The summed E-state index contributed by atoms with van der Waals surface area (Å²) in [5, 5.41) is 9.38. The van der Waals surface area contributed by atoms with Gasteiger partial charge in [0.15, 0.2) is 0 Å². The zero-order chi connectivity index (χ0) is 12.4.